The minimum absolute atomic E-state index is 0.116. The number of allylic oxidation sites excluding steroid dienone is 7. The first-order valence-corrected chi connectivity index (χ1v) is 19.3. The van der Waals surface area contributed by atoms with Crippen LogP contribution >= 0.6 is 0 Å². The van der Waals surface area contributed by atoms with Crippen molar-refractivity contribution < 1.29 is 4.74 Å². The molecule has 3 heterocycles. The number of rotatable bonds is 5. The summed E-state index contributed by atoms with van der Waals surface area (Å²) < 4.78 is 6.77. The summed E-state index contributed by atoms with van der Waals surface area (Å²) in [7, 11) is 0. The van der Waals surface area contributed by atoms with Crippen LogP contribution in [0, 0.1) is 11.8 Å². The minimum Gasteiger partial charge on any atom is -0.461 e. The maximum absolute atomic E-state index is 6.77. The summed E-state index contributed by atoms with van der Waals surface area (Å²) in [6.45, 7) is 0. The summed E-state index contributed by atoms with van der Waals surface area (Å²) in [5.74, 6) is 4.34. The average Bonchev–Trinajstić information content (AvgIpc) is 3.91. The quantitative estimate of drug-likeness (QED) is 0.209. The molecular weight excluding hydrogens is 647 g/mol. The Labute approximate surface area is 311 Å². The van der Waals surface area contributed by atoms with Crippen LogP contribution in [0.4, 0.5) is 5.69 Å². The number of likely N-dealkylation sites (tertiary alicyclic amines) is 1. The Bertz CT molecular complexity index is 2330. The number of fused-ring (bicyclic) bond motifs is 7. The standard InChI is InChI=1S/C49H41N3O/c1-3-12-32(13-4-1)35-24-29-44-41(30-35)39-16-7-9-19-43(39)51(44)37-27-28-40-47(31-37)53-46-21-11-17-38(48(40)46)33-22-25-36(26-23-33)52-45-20-10-8-18-42(45)50-49(52)34-14-5-2-6-15-34/h1-26,29-31,37,39-45H,27-28H2. The molecular formula is C49H41N3O. The van der Waals surface area contributed by atoms with E-state index in [0.29, 0.717) is 30.0 Å². The second kappa shape index (κ2) is 12.5. The number of hydrogen-bond donors (Lipinski definition) is 0. The number of aliphatic imine (C=N–C) groups is 1. The van der Waals surface area contributed by atoms with Gasteiger partial charge in [0.25, 0.3) is 0 Å². The van der Waals surface area contributed by atoms with Gasteiger partial charge in [0.1, 0.15) is 17.3 Å². The molecule has 8 unspecified atom stereocenters. The van der Waals surface area contributed by atoms with Crippen LogP contribution in [0.1, 0.15) is 35.4 Å². The van der Waals surface area contributed by atoms with E-state index in [4.69, 9.17) is 9.73 Å². The molecule has 258 valence electrons. The van der Waals surface area contributed by atoms with Gasteiger partial charge >= 0.3 is 0 Å². The summed E-state index contributed by atoms with van der Waals surface area (Å²) in [5.41, 5.74) is 8.77. The molecule has 0 aromatic heterocycles. The van der Waals surface area contributed by atoms with Crippen LogP contribution in [0.25, 0.3) is 16.7 Å². The third kappa shape index (κ3) is 5.04. The fourth-order valence-corrected chi connectivity index (χ4v) is 10.1. The third-order valence-corrected chi connectivity index (χ3v) is 12.5. The van der Waals surface area contributed by atoms with Crippen molar-refractivity contribution in [3.63, 3.8) is 0 Å². The van der Waals surface area contributed by atoms with E-state index < -0.39 is 0 Å². The van der Waals surface area contributed by atoms with Gasteiger partial charge in [-0.15, -0.1) is 0 Å². The number of nitrogens with zero attached hydrogens (tertiary/aromatic N) is 3. The molecule has 0 radical (unpaired) electrons. The molecule has 4 heteroatoms. The Morgan fingerprint density at radius 2 is 1.32 bits per heavy atom. The summed E-state index contributed by atoms with van der Waals surface area (Å²) in [4.78, 5) is 10.4. The summed E-state index contributed by atoms with van der Waals surface area (Å²) in [5, 5.41) is 0. The van der Waals surface area contributed by atoms with Crippen molar-refractivity contribution in [1.82, 2.24) is 4.90 Å². The van der Waals surface area contributed by atoms with Crippen LogP contribution in [0.2, 0.25) is 0 Å². The van der Waals surface area contributed by atoms with Gasteiger partial charge in [0, 0.05) is 52.7 Å². The largest absolute Gasteiger partial charge is 0.461 e. The molecule has 53 heavy (non-hydrogen) atoms. The number of amidine groups is 1. The topological polar surface area (TPSA) is 28.1 Å². The first-order chi connectivity index (χ1) is 26.3. The molecule has 0 spiro atoms. The highest BCUT2D eigenvalue weighted by molar-refractivity contribution is 6.12. The zero-order chi connectivity index (χ0) is 34.9. The van der Waals surface area contributed by atoms with Crippen LogP contribution in [-0.2, 0) is 0 Å². The molecule has 3 aliphatic heterocycles. The predicted molar refractivity (Wildman–Crippen MR) is 216 cm³/mol. The van der Waals surface area contributed by atoms with Crippen molar-refractivity contribution in [1.29, 1.82) is 0 Å². The Morgan fingerprint density at radius 1 is 0.585 bits per heavy atom. The lowest BCUT2D eigenvalue weighted by molar-refractivity contribution is 0.171. The number of benzene rings is 4. The van der Waals surface area contributed by atoms with E-state index in [2.05, 4.69) is 186 Å². The van der Waals surface area contributed by atoms with E-state index in [-0.39, 0.29) is 18.0 Å². The lowest BCUT2D eigenvalue weighted by Crippen LogP contribution is -2.45. The zero-order valence-electron chi connectivity index (χ0n) is 29.5. The molecule has 0 saturated carbocycles. The van der Waals surface area contributed by atoms with Crippen molar-refractivity contribution in [2.75, 3.05) is 4.90 Å². The lowest BCUT2D eigenvalue weighted by Gasteiger charge is -2.38. The molecule has 4 aliphatic carbocycles. The molecule has 8 atom stereocenters. The van der Waals surface area contributed by atoms with E-state index in [9.17, 15) is 0 Å². The maximum atomic E-state index is 6.77. The van der Waals surface area contributed by atoms with Crippen molar-refractivity contribution >= 4 is 17.1 Å². The van der Waals surface area contributed by atoms with E-state index in [0.717, 1.165) is 41.4 Å². The normalized spacial score (nSPS) is 30.1. The van der Waals surface area contributed by atoms with Crippen molar-refractivity contribution in [2.45, 2.75) is 49.0 Å². The van der Waals surface area contributed by atoms with Gasteiger partial charge in [-0.25, -0.2) is 0 Å². The highest BCUT2D eigenvalue weighted by Gasteiger charge is 2.50. The van der Waals surface area contributed by atoms with E-state index >= 15 is 0 Å². The highest BCUT2D eigenvalue weighted by Crippen LogP contribution is 2.53. The highest BCUT2D eigenvalue weighted by atomic mass is 16.5. The molecule has 11 rings (SSSR count). The van der Waals surface area contributed by atoms with Crippen molar-refractivity contribution in [3.05, 3.63) is 198 Å². The first kappa shape index (κ1) is 30.9. The van der Waals surface area contributed by atoms with E-state index in [1.54, 1.807) is 0 Å². The van der Waals surface area contributed by atoms with Gasteiger partial charge in [0.05, 0.1) is 12.1 Å². The van der Waals surface area contributed by atoms with Crippen molar-refractivity contribution in [2.24, 2.45) is 16.8 Å². The van der Waals surface area contributed by atoms with Crippen LogP contribution in [-0.4, -0.2) is 40.9 Å². The zero-order valence-corrected chi connectivity index (χ0v) is 29.5. The summed E-state index contributed by atoms with van der Waals surface area (Å²) in [6.07, 6.45) is 30.1. The summed E-state index contributed by atoms with van der Waals surface area (Å²) in [6, 6.07) is 38.5. The molecule has 1 saturated heterocycles. The predicted octanol–water partition coefficient (Wildman–Crippen LogP) is 10.1. The van der Waals surface area contributed by atoms with Gasteiger partial charge in [-0.2, -0.15) is 0 Å². The number of anilines is 1. The molecule has 4 aromatic rings. The molecule has 0 bridgehead atoms. The van der Waals surface area contributed by atoms with Crippen LogP contribution in [0.5, 0.6) is 5.75 Å². The monoisotopic (exact) mass is 687 g/mol. The van der Waals surface area contributed by atoms with Crippen molar-refractivity contribution in [3.8, 4) is 16.9 Å². The molecule has 4 aromatic carbocycles. The molecule has 0 amide bonds. The number of hydrogen-bond acceptors (Lipinski definition) is 4. The fourth-order valence-electron chi connectivity index (χ4n) is 10.1. The van der Waals surface area contributed by atoms with Crippen LogP contribution in [0.3, 0.4) is 0 Å². The molecule has 1 fully saturated rings. The molecule has 0 N–H and O–H groups in total. The Balaban J connectivity index is 0.882. The second-order valence-electron chi connectivity index (χ2n) is 15.3. The van der Waals surface area contributed by atoms with Gasteiger partial charge in [-0.3, -0.25) is 9.89 Å². The van der Waals surface area contributed by atoms with Gasteiger partial charge in [-0.1, -0.05) is 152 Å². The maximum Gasteiger partial charge on any atom is 0.136 e. The van der Waals surface area contributed by atoms with Gasteiger partial charge in [0.15, 0.2) is 0 Å². The smallest absolute Gasteiger partial charge is 0.136 e. The summed E-state index contributed by atoms with van der Waals surface area (Å²) >= 11 is 0. The lowest BCUT2D eigenvalue weighted by atomic mass is 9.80. The SMILES string of the molecule is C1=CC2N=C(c3ccccc3)N(c3ccc(-c4cccc5c4C4CCC(N6C7C=CC=CC7C7C=C(c8ccccc8)C=CC76)C=C4O5)cc3)C2C=C1. The number of ether oxygens (including phenoxy) is 1. The fraction of sp³-hybridized carbons (Fsp3) is 0.204. The van der Waals surface area contributed by atoms with Gasteiger partial charge < -0.3 is 9.64 Å². The third-order valence-electron chi connectivity index (χ3n) is 12.5. The Morgan fingerprint density at radius 3 is 2.15 bits per heavy atom. The minimum atomic E-state index is 0.116. The first-order valence-electron chi connectivity index (χ1n) is 19.3. The van der Waals surface area contributed by atoms with Crippen LogP contribution in [0.15, 0.2) is 187 Å². The van der Waals surface area contributed by atoms with E-state index in [1.165, 1.54) is 27.8 Å². The van der Waals surface area contributed by atoms with Gasteiger partial charge in [-0.05, 0) is 59.4 Å². The Hall–Kier alpha value is -5.71. The molecule has 7 aliphatic rings. The van der Waals surface area contributed by atoms with Crippen LogP contribution < -0.4 is 9.64 Å². The average molecular weight is 688 g/mol. The molecule has 4 nitrogen and oxygen atoms in total. The van der Waals surface area contributed by atoms with E-state index in [1.807, 2.05) is 0 Å². The van der Waals surface area contributed by atoms with Gasteiger partial charge in [0.2, 0.25) is 0 Å². The Kier molecular flexibility index (Phi) is 7.26. The second-order valence-corrected chi connectivity index (χ2v) is 15.3.